The zero-order valence-electron chi connectivity index (χ0n) is 22.7. The summed E-state index contributed by atoms with van der Waals surface area (Å²) in [6.45, 7) is 8.42. The predicted molar refractivity (Wildman–Crippen MR) is 148 cm³/mol. The van der Waals surface area contributed by atoms with Crippen molar-refractivity contribution < 1.29 is 36.7 Å². The van der Waals surface area contributed by atoms with Gasteiger partial charge in [0.15, 0.2) is 0 Å². The van der Waals surface area contributed by atoms with Crippen LogP contribution in [0.2, 0.25) is 0 Å². The molecule has 3 atom stereocenters. The highest BCUT2D eigenvalue weighted by molar-refractivity contribution is 7.58. The molecule has 38 heavy (non-hydrogen) atoms. The molecule has 0 saturated heterocycles. The fourth-order valence-electron chi connectivity index (χ4n) is 4.47. The lowest BCUT2D eigenvalue weighted by Crippen LogP contribution is -2.34. The molecule has 0 radical (unpaired) electrons. The molecule has 210 valence electrons. The van der Waals surface area contributed by atoms with Gasteiger partial charge in [-0.1, -0.05) is 60.7 Å². The fraction of sp³-hybridized carbons (Fsp3) is 0.500. The van der Waals surface area contributed by atoms with Crippen molar-refractivity contribution in [2.45, 2.75) is 53.1 Å². The summed E-state index contributed by atoms with van der Waals surface area (Å²) in [5.74, 6) is -0.646. The first kappa shape index (κ1) is 30.9. The second-order valence-electron chi connectivity index (χ2n) is 8.68. The van der Waals surface area contributed by atoms with Crippen LogP contribution in [-0.2, 0) is 49.9 Å². The molecular weight excluding hydrogens is 526 g/mol. The van der Waals surface area contributed by atoms with Crippen molar-refractivity contribution in [2.75, 3.05) is 32.6 Å². The lowest BCUT2D eigenvalue weighted by atomic mass is 10.1. The number of hydrogen-bond acceptors (Lipinski definition) is 8. The van der Waals surface area contributed by atoms with Gasteiger partial charge in [-0.05, 0) is 44.9 Å². The number of benzene rings is 2. The molecular formula is C28H40O8P2. The van der Waals surface area contributed by atoms with Crippen molar-refractivity contribution in [3.8, 4) is 0 Å². The average Bonchev–Trinajstić information content (AvgIpc) is 3.25. The molecule has 10 heteroatoms. The van der Waals surface area contributed by atoms with Crippen LogP contribution in [0.3, 0.4) is 0 Å². The quantitative estimate of drug-likeness (QED) is 0.186. The van der Waals surface area contributed by atoms with E-state index >= 15 is 0 Å². The molecule has 0 amide bonds. The number of rotatable bonds is 17. The Hall–Kier alpha value is -1.60. The Bertz CT molecular complexity index is 1070. The van der Waals surface area contributed by atoms with Crippen molar-refractivity contribution in [2.24, 2.45) is 5.92 Å². The molecule has 0 spiro atoms. The van der Waals surface area contributed by atoms with Gasteiger partial charge in [0.1, 0.15) is 6.10 Å². The van der Waals surface area contributed by atoms with Crippen LogP contribution in [0.25, 0.3) is 0 Å². The van der Waals surface area contributed by atoms with E-state index < -0.39 is 33.3 Å². The van der Waals surface area contributed by atoms with E-state index in [1.165, 1.54) is 0 Å². The lowest BCUT2D eigenvalue weighted by molar-refractivity contribution is -0.0716. The SMILES string of the molecule is CCOP(=O)(C[C@@H]1C(P(=O)(OCC)OCC)=C[C@H](OCc2ccccc2)[C@H]1OCc1ccccc1)OCC. The van der Waals surface area contributed by atoms with Gasteiger partial charge in [0.05, 0.1) is 51.9 Å². The van der Waals surface area contributed by atoms with Crippen molar-refractivity contribution in [3.05, 3.63) is 83.2 Å². The topological polar surface area (TPSA) is 89.5 Å². The summed E-state index contributed by atoms with van der Waals surface area (Å²) < 4.78 is 63.3. The molecule has 3 rings (SSSR count). The summed E-state index contributed by atoms with van der Waals surface area (Å²) in [6, 6.07) is 19.5. The Balaban J connectivity index is 2.01. The van der Waals surface area contributed by atoms with Crippen molar-refractivity contribution >= 4 is 15.2 Å². The van der Waals surface area contributed by atoms with E-state index in [0.29, 0.717) is 11.9 Å². The highest BCUT2D eigenvalue weighted by atomic mass is 31.2. The van der Waals surface area contributed by atoms with Crippen molar-refractivity contribution in [1.29, 1.82) is 0 Å². The average molecular weight is 567 g/mol. The van der Waals surface area contributed by atoms with E-state index in [0.717, 1.165) is 11.1 Å². The Morgan fingerprint density at radius 2 is 1.13 bits per heavy atom. The molecule has 0 aromatic heterocycles. The van der Waals surface area contributed by atoms with Crippen molar-refractivity contribution in [3.63, 3.8) is 0 Å². The normalized spacial score (nSPS) is 20.0. The van der Waals surface area contributed by atoms with E-state index in [-0.39, 0.29) is 39.2 Å². The third kappa shape index (κ3) is 8.45. The van der Waals surface area contributed by atoms with E-state index in [4.69, 9.17) is 27.6 Å². The minimum Gasteiger partial charge on any atom is -0.370 e. The summed E-state index contributed by atoms with van der Waals surface area (Å²) >= 11 is 0. The second-order valence-corrected chi connectivity index (χ2v) is 12.8. The van der Waals surface area contributed by atoms with Gasteiger partial charge in [0, 0.05) is 11.2 Å². The van der Waals surface area contributed by atoms with Crippen LogP contribution in [-0.4, -0.2) is 44.8 Å². The molecule has 1 aliphatic rings. The first-order chi connectivity index (χ1) is 18.4. The van der Waals surface area contributed by atoms with Crippen LogP contribution in [0.1, 0.15) is 38.8 Å². The maximum absolute atomic E-state index is 14.1. The van der Waals surface area contributed by atoms with E-state index in [9.17, 15) is 9.13 Å². The van der Waals surface area contributed by atoms with Crippen molar-refractivity contribution in [1.82, 2.24) is 0 Å². The maximum atomic E-state index is 14.1. The Morgan fingerprint density at radius 3 is 1.61 bits per heavy atom. The lowest BCUT2D eigenvalue weighted by Gasteiger charge is -2.31. The van der Waals surface area contributed by atoms with Crippen LogP contribution < -0.4 is 0 Å². The van der Waals surface area contributed by atoms with Gasteiger partial charge in [0.2, 0.25) is 0 Å². The van der Waals surface area contributed by atoms with Gasteiger partial charge in [-0.15, -0.1) is 0 Å². The third-order valence-corrected chi connectivity index (χ3v) is 10.4. The summed E-state index contributed by atoms with van der Waals surface area (Å²) in [4.78, 5) is 0. The standard InChI is InChI=1S/C28H40O8P2/c1-5-33-37(29,34-6-2)22-25-27(38(30,35-7-3)36-8-4)19-26(31-20-23-15-11-9-12-16-23)28(25)32-21-24-17-13-10-14-18-24/h9-19,25-26,28H,5-8,20-22H2,1-4H3/t25-,26+,28+/m1/s1. The molecule has 0 aliphatic heterocycles. The monoisotopic (exact) mass is 566 g/mol. The smallest absolute Gasteiger partial charge is 0.357 e. The van der Waals surface area contributed by atoms with Crippen LogP contribution in [0.15, 0.2) is 72.1 Å². The predicted octanol–water partition coefficient (Wildman–Crippen LogP) is 7.20. The first-order valence-corrected chi connectivity index (χ1v) is 16.5. The Labute approximate surface area is 226 Å². The van der Waals surface area contributed by atoms with Crippen LogP contribution in [0.5, 0.6) is 0 Å². The minimum atomic E-state index is -3.74. The maximum Gasteiger partial charge on any atom is 0.357 e. The van der Waals surface area contributed by atoms with Gasteiger partial charge < -0.3 is 27.6 Å². The number of hydrogen-bond donors (Lipinski definition) is 0. The highest BCUT2D eigenvalue weighted by Crippen LogP contribution is 2.64. The van der Waals surface area contributed by atoms with E-state index in [1.807, 2.05) is 60.7 Å². The van der Waals surface area contributed by atoms with Crippen LogP contribution in [0, 0.1) is 5.92 Å². The summed E-state index contributed by atoms with van der Waals surface area (Å²) in [5, 5.41) is 0.386. The van der Waals surface area contributed by atoms with Gasteiger partial charge >= 0.3 is 15.2 Å². The van der Waals surface area contributed by atoms with E-state index in [2.05, 4.69) is 0 Å². The molecule has 2 aromatic carbocycles. The fourth-order valence-corrected chi connectivity index (χ4v) is 8.60. The molecule has 1 aliphatic carbocycles. The summed E-state index contributed by atoms with van der Waals surface area (Å²) in [5.41, 5.74) is 1.96. The first-order valence-electron chi connectivity index (χ1n) is 13.2. The van der Waals surface area contributed by atoms with Gasteiger partial charge in [-0.25, -0.2) is 0 Å². The van der Waals surface area contributed by atoms with Gasteiger partial charge in [-0.2, -0.15) is 0 Å². The molecule has 0 saturated carbocycles. The van der Waals surface area contributed by atoms with Gasteiger partial charge in [0.25, 0.3) is 0 Å². The zero-order valence-corrected chi connectivity index (χ0v) is 24.5. The molecule has 2 aromatic rings. The van der Waals surface area contributed by atoms with Gasteiger partial charge in [-0.3, -0.25) is 9.13 Å². The Morgan fingerprint density at radius 1 is 0.658 bits per heavy atom. The summed E-state index contributed by atoms with van der Waals surface area (Å²) in [6.07, 6.45) is 0.495. The third-order valence-electron chi connectivity index (χ3n) is 5.99. The molecule has 0 bridgehead atoms. The van der Waals surface area contributed by atoms with Crippen LogP contribution >= 0.6 is 15.2 Å². The molecule has 8 nitrogen and oxygen atoms in total. The Kier molecular flexibility index (Phi) is 12.4. The number of ether oxygens (including phenoxy) is 2. The summed E-state index contributed by atoms with van der Waals surface area (Å²) in [7, 11) is -7.30. The second kappa shape index (κ2) is 15.3. The minimum absolute atomic E-state index is 0.0463. The highest BCUT2D eigenvalue weighted by Gasteiger charge is 2.50. The molecule has 0 unspecified atom stereocenters. The largest absolute Gasteiger partial charge is 0.370 e. The van der Waals surface area contributed by atoms with E-state index in [1.54, 1.807) is 33.8 Å². The van der Waals surface area contributed by atoms with Crippen LogP contribution in [0.4, 0.5) is 0 Å². The molecule has 0 N–H and O–H groups in total. The molecule has 0 heterocycles. The molecule has 0 fully saturated rings. The zero-order chi connectivity index (χ0) is 27.4.